The third-order valence-electron chi connectivity index (χ3n) is 2.86. The van der Waals surface area contributed by atoms with E-state index in [9.17, 15) is 18.0 Å². The average Bonchev–Trinajstić information content (AvgIpc) is 2.88. The molecule has 0 aromatic rings. The van der Waals surface area contributed by atoms with Crippen molar-refractivity contribution in [2.45, 2.75) is 31.7 Å². The highest BCUT2D eigenvalue weighted by molar-refractivity contribution is 7.87. The number of nitrogens with one attached hydrogen (secondary N) is 1. The van der Waals surface area contributed by atoms with Gasteiger partial charge >= 0.3 is 11.9 Å². The monoisotopic (exact) mass is 294 g/mol. The molecule has 0 radical (unpaired) electrons. The van der Waals surface area contributed by atoms with Gasteiger partial charge in [0.2, 0.25) is 0 Å². The summed E-state index contributed by atoms with van der Waals surface area (Å²) >= 11 is 0. The summed E-state index contributed by atoms with van der Waals surface area (Å²) in [4.78, 5) is 22.0. The van der Waals surface area contributed by atoms with Gasteiger partial charge in [-0.1, -0.05) is 0 Å². The summed E-state index contributed by atoms with van der Waals surface area (Å²) in [7, 11) is -2.62. The fraction of sp³-hybridized carbons (Fsp3) is 0.800. The van der Waals surface area contributed by atoms with E-state index in [0.717, 1.165) is 12.8 Å². The molecule has 1 rings (SSSR count). The molecule has 0 aromatic carbocycles. The molecular formula is C10H18N2O6S. The zero-order valence-corrected chi connectivity index (χ0v) is 11.5. The number of hydrogen-bond acceptors (Lipinski definition) is 5. The maximum Gasteiger partial charge on any atom is 0.321 e. The molecule has 8 nitrogen and oxygen atoms in total. The van der Waals surface area contributed by atoms with Crippen molar-refractivity contribution < 1.29 is 27.9 Å². The smallest absolute Gasteiger partial charge is 0.321 e. The number of nitrogens with zero attached hydrogens (tertiary/aromatic N) is 1. The maximum absolute atomic E-state index is 11.9. The van der Waals surface area contributed by atoms with E-state index in [2.05, 4.69) is 9.46 Å². The molecule has 1 aliphatic heterocycles. The molecule has 1 fully saturated rings. The molecule has 1 saturated heterocycles. The van der Waals surface area contributed by atoms with Gasteiger partial charge in [0.05, 0.1) is 7.11 Å². The quantitative estimate of drug-likeness (QED) is 0.602. The second-order valence-corrected chi connectivity index (χ2v) is 5.94. The van der Waals surface area contributed by atoms with E-state index >= 15 is 0 Å². The predicted molar refractivity (Wildman–Crippen MR) is 65.5 cm³/mol. The van der Waals surface area contributed by atoms with E-state index in [1.165, 1.54) is 11.4 Å². The Hall–Kier alpha value is -1.19. The lowest BCUT2D eigenvalue weighted by Crippen LogP contribution is -2.47. The molecule has 0 aromatic heterocycles. The lowest BCUT2D eigenvalue weighted by molar-refractivity contribution is -0.142. The van der Waals surface area contributed by atoms with E-state index in [1.54, 1.807) is 0 Å². The lowest BCUT2D eigenvalue weighted by Gasteiger charge is -2.20. The highest BCUT2D eigenvalue weighted by atomic mass is 32.2. The van der Waals surface area contributed by atoms with Gasteiger partial charge < -0.3 is 9.84 Å². The molecule has 1 aliphatic rings. The van der Waals surface area contributed by atoms with Gasteiger partial charge in [-0.15, -0.1) is 0 Å². The number of rotatable bonds is 7. The lowest BCUT2D eigenvalue weighted by atomic mass is 10.2. The molecule has 9 heteroatoms. The average molecular weight is 294 g/mol. The van der Waals surface area contributed by atoms with Gasteiger partial charge in [-0.05, 0) is 19.3 Å². The fourth-order valence-corrected chi connectivity index (χ4v) is 3.25. The van der Waals surface area contributed by atoms with Crippen LogP contribution in [0.4, 0.5) is 0 Å². The first kappa shape index (κ1) is 15.9. The Morgan fingerprint density at radius 2 is 1.95 bits per heavy atom. The Kier molecular flexibility index (Phi) is 5.70. The van der Waals surface area contributed by atoms with Crippen LogP contribution in [0.5, 0.6) is 0 Å². The molecule has 1 atom stereocenters. The van der Waals surface area contributed by atoms with Gasteiger partial charge in [0.1, 0.15) is 6.04 Å². The number of esters is 1. The first-order valence-corrected chi connectivity index (χ1v) is 7.38. The van der Waals surface area contributed by atoms with Crippen LogP contribution >= 0.6 is 0 Å². The topological polar surface area (TPSA) is 113 Å². The van der Waals surface area contributed by atoms with Gasteiger partial charge in [-0.3, -0.25) is 9.59 Å². The SMILES string of the molecule is COC(=O)CCC(NS(=O)(=O)N1CCCC1)C(=O)O. The number of carbonyl (C=O) groups excluding carboxylic acids is 1. The molecule has 19 heavy (non-hydrogen) atoms. The van der Waals surface area contributed by atoms with E-state index in [-0.39, 0.29) is 12.8 Å². The number of aliphatic carboxylic acids is 1. The van der Waals surface area contributed by atoms with Crippen molar-refractivity contribution in [2.24, 2.45) is 0 Å². The van der Waals surface area contributed by atoms with Crippen LogP contribution in [-0.4, -0.2) is 56.0 Å². The zero-order chi connectivity index (χ0) is 14.5. The fourth-order valence-electron chi connectivity index (χ4n) is 1.78. The normalized spacial score (nSPS) is 18.2. The number of methoxy groups -OCH3 is 1. The largest absolute Gasteiger partial charge is 0.480 e. The second kappa shape index (κ2) is 6.83. The number of carboxylic acids is 1. The van der Waals surface area contributed by atoms with E-state index < -0.39 is 28.2 Å². The minimum atomic E-state index is -3.81. The summed E-state index contributed by atoms with van der Waals surface area (Å²) in [5.41, 5.74) is 0. The molecular weight excluding hydrogens is 276 g/mol. The van der Waals surface area contributed by atoms with Crippen LogP contribution in [0, 0.1) is 0 Å². The van der Waals surface area contributed by atoms with Gasteiger partial charge in [-0.25, -0.2) is 0 Å². The van der Waals surface area contributed by atoms with E-state index in [1.807, 2.05) is 0 Å². The summed E-state index contributed by atoms with van der Waals surface area (Å²) in [6.07, 6.45) is 1.23. The predicted octanol–water partition coefficient (Wildman–Crippen LogP) is -0.677. The molecule has 0 amide bonds. The van der Waals surface area contributed by atoms with Crippen LogP contribution < -0.4 is 4.72 Å². The summed E-state index contributed by atoms with van der Waals surface area (Å²) in [6.45, 7) is 0.775. The Bertz CT molecular complexity index is 429. The molecule has 0 spiro atoms. The minimum Gasteiger partial charge on any atom is -0.480 e. The molecule has 2 N–H and O–H groups in total. The van der Waals surface area contributed by atoms with Crippen molar-refractivity contribution in [3.8, 4) is 0 Å². The van der Waals surface area contributed by atoms with Crippen molar-refractivity contribution in [1.29, 1.82) is 0 Å². The van der Waals surface area contributed by atoms with Crippen molar-refractivity contribution in [3.63, 3.8) is 0 Å². The molecule has 1 unspecified atom stereocenters. The van der Waals surface area contributed by atoms with Crippen molar-refractivity contribution in [3.05, 3.63) is 0 Å². The standard InChI is InChI=1S/C10H18N2O6S/c1-18-9(13)5-4-8(10(14)15)11-19(16,17)12-6-2-3-7-12/h8,11H,2-7H2,1H3,(H,14,15). The Morgan fingerprint density at radius 3 is 2.42 bits per heavy atom. The number of hydrogen-bond donors (Lipinski definition) is 2. The van der Waals surface area contributed by atoms with Crippen molar-refractivity contribution in [2.75, 3.05) is 20.2 Å². The van der Waals surface area contributed by atoms with Crippen molar-refractivity contribution >= 4 is 22.1 Å². The van der Waals surface area contributed by atoms with Crippen molar-refractivity contribution in [1.82, 2.24) is 9.03 Å². The minimum absolute atomic E-state index is 0.144. The van der Waals surface area contributed by atoms with Gasteiger partial charge in [0, 0.05) is 19.5 Å². The summed E-state index contributed by atoms with van der Waals surface area (Å²) in [5.74, 6) is -1.89. The van der Waals surface area contributed by atoms with Gasteiger partial charge in [0.25, 0.3) is 10.2 Å². The van der Waals surface area contributed by atoms with E-state index in [0.29, 0.717) is 13.1 Å². The van der Waals surface area contributed by atoms with Crippen LogP contribution in [0.25, 0.3) is 0 Å². The maximum atomic E-state index is 11.9. The number of carboxylic acid groups (broad SMARTS) is 1. The van der Waals surface area contributed by atoms with Crippen LogP contribution in [0.1, 0.15) is 25.7 Å². The van der Waals surface area contributed by atoms with Crippen LogP contribution in [0.2, 0.25) is 0 Å². The Morgan fingerprint density at radius 1 is 1.37 bits per heavy atom. The molecule has 1 heterocycles. The summed E-state index contributed by atoms with van der Waals surface area (Å²) in [6, 6.07) is -1.33. The van der Waals surface area contributed by atoms with Crippen LogP contribution in [0.15, 0.2) is 0 Å². The number of carbonyl (C=O) groups is 2. The van der Waals surface area contributed by atoms with Crippen LogP contribution in [-0.2, 0) is 24.5 Å². The first-order chi connectivity index (χ1) is 8.86. The molecule has 0 bridgehead atoms. The second-order valence-electron chi connectivity index (χ2n) is 4.23. The Balaban J connectivity index is 2.62. The highest BCUT2D eigenvalue weighted by Crippen LogP contribution is 2.12. The number of ether oxygens (including phenoxy) is 1. The Labute approximate surface area is 111 Å². The third kappa shape index (κ3) is 4.77. The molecule has 110 valence electrons. The molecule has 0 saturated carbocycles. The first-order valence-electron chi connectivity index (χ1n) is 5.94. The third-order valence-corrected chi connectivity index (χ3v) is 4.49. The summed E-state index contributed by atoms with van der Waals surface area (Å²) in [5, 5.41) is 8.97. The van der Waals surface area contributed by atoms with Crippen LogP contribution in [0.3, 0.4) is 0 Å². The van der Waals surface area contributed by atoms with Gasteiger partial charge in [-0.2, -0.15) is 17.4 Å². The summed E-state index contributed by atoms with van der Waals surface area (Å²) < 4.78 is 31.5. The highest BCUT2D eigenvalue weighted by Gasteiger charge is 2.30. The molecule has 0 aliphatic carbocycles. The van der Waals surface area contributed by atoms with E-state index in [4.69, 9.17) is 5.11 Å². The van der Waals surface area contributed by atoms with Gasteiger partial charge in [0.15, 0.2) is 0 Å². The zero-order valence-electron chi connectivity index (χ0n) is 10.7.